The van der Waals surface area contributed by atoms with Gasteiger partial charge in [-0.3, -0.25) is 9.59 Å². The van der Waals surface area contributed by atoms with Crippen LogP contribution >= 0.6 is 27.5 Å². The van der Waals surface area contributed by atoms with E-state index in [0.29, 0.717) is 21.9 Å². The third-order valence-corrected chi connectivity index (χ3v) is 5.12. The van der Waals surface area contributed by atoms with Gasteiger partial charge in [-0.25, -0.2) is 5.43 Å². The molecule has 31 heavy (non-hydrogen) atoms. The molecule has 0 heterocycles. The second-order valence-electron chi connectivity index (χ2n) is 7.23. The molecule has 0 aliphatic rings. The number of nitrogens with one attached hydrogen (secondary N) is 1. The van der Waals surface area contributed by atoms with Crippen molar-refractivity contribution in [2.24, 2.45) is 5.10 Å². The Bertz CT molecular complexity index is 1110. The SMILES string of the molecule is CC(C)(Oc1ccc(C(=O)c2ccc(Cl)cc2)cc1)C(=O)N/N=C/c1cccc(Br)c1. The third-order valence-electron chi connectivity index (χ3n) is 4.37. The molecule has 0 saturated carbocycles. The van der Waals surface area contributed by atoms with Crippen LogP contribution in [0.3, 0.4) is 0 Å². The van der Waals surface area contributed by atoms with E-state index in [1.807, 2.05) is 24.3 Å². The fourth-order valence-electron chi connectivity index (χ4n) is 2.67. The summed E-state index contributed by atoms with van der Waals surface area (Å²) in [7, 11) is 0. The minimum Gasteiger partial charge on any atom is -0.478 e. The molecular formula is C24H20BrClN2O3. The second-order valence-corrected chi connectivity index (χ2v) is 8.58. The lowest BCUT2D eigenvalue weighted by Gasteiger charge is -2.24. The summed E-state index contributed by atoms with van der Waals surface area (Å²) in [5.74, 6) is -0.0639. The first-order valence-corrected chi connectivity index (χ1v) is 10.6. The smallest absolute Gasteiger partial charge is 0.283 e. The lowest BCUT2D eigenvalue weighted by atomic mass is 10.0. The summed E-state index contributed by atoms with van der Waals surface area (Å²) in [6.45, 7) is 3.29. The Labute approximate surface area is 194 Å². The number of halogens is 2. The number of benzene rings is 3. The first-order chi connectivity index (χ1) is 14.7. The molecule has 0 aliphatic carbocycles. The minimum atomic E-state index is -1.17. The molecule has 0 saturated heterocycles. The average molecular weight is 500 g/mol. The lowest BCUT2D eigenvalue weighted by Crippen LogP contribution is -2.44. The van der Waals surface area contributed by atoms with Crippen LogP contribution in [0.5, 0.6) is 5.75 Å². The fourth-order valence-corrected chi connectivity index (χ4v) is 3.21. The average Bonchev–Trinajstić information content (AvgIpc) is 2.74. The van der Waals surface area contributed by atoms with Crippen LogP contribution in [-0.2, 0) is 4.79 Å². The van der Waals surface area contributed by atoms with E-state index >= 15 is 0 Å². The summed E-state index contributed by atoms with van der Waals surface area (Å²) in [6.07, 6.45) is 1.55. The monoisotopic (exact) mass is 498 g/mol. The van der Waals surface area contributed by atoms with Crippen molar-refractivity contribution >= 4 is 45.4 Å². The highest BCUT2D eigenvalue weighted by Crippen LogP contribution is 2.21. The highest BCUT2D eigenvalue weighted by Gasteiger charge is 2.30. The van der Waals surface area contributed by atoms with E-state index in [1.165, 1.54) is 0 Å². The number of amides is 1. The Morgan fingerprint density at radius 1 is 1.00 bits per heavy atom. The molecule has 0 aromatic heterocycles. The molecule has 0 spiro atoms. The number of ether oxygens (including phenoxy) is 1. The van der Waals surface area contributed by atoms with Crippen molar-refractivity contribution in [3.63, 3.8) is 0 Å². The Morgan fingerprint density at radius 2 is 1.61 bits per heavy atom. The van der Waals surface area contributed by atoms with Gasteiger partial charge in [0.15, 0.2) is 11.4 Å². The predicted octanol–water partition coefficient (Wildman–Crippen LogP) is 5.64. The van der Waals surface area contributed by atoms with E-state index in [9.17, 15) is 9.59 Å². The molecule has 3 aromatic carbocycles. The molecule has 0 radical (unpaired) electrons. The summed E-state index contributed by atoms with van der Waals surface area (Å²) in [6, 6.07) is 20.9. The van der Waals surface area contributed by atoms with E-state index < -0.39 is 11.5 Å². The number of hydrogen-bond donors (Lipinski definition) is 1. The topological polar surface area (TPSA) is 67.8 Å². The first kappa shape index (κ1) is 22.7. The molecule has 0 aliphatic heterocycles. The molecule has 1 amide bonds. The molecule has 0 fully saturated rings. The molecule has 0 bridgehead atoms. The van der Waals surface area contributed by atoms with Crippen molar-refractivity contribution in [1.82, 2.24) is 5.43 Å². The number of carbonyl (C=O) groups excluding carboxylic acids is 2. The second kappa shape index (κ2) is 9.90. The third kappa shape index (κ3) is 6.26. The number of ketones is 1. The van der Waals surface area contributed by atoms with Gasteiger partial charge in [-0.05, 0) is 80.1 Å². The van der Waals surface area contributed by atoms with Crippen molar-refractivity contribution in [2.45, 2.75) is 19.4 Å². The number of hydrazone groups is 1. The van der Waals surface area contributed by atoms with E-state index in [1.54, 1.807) is 68.6 Å². The van der Waals surface area contributed by atoms with Gasteiger partial charge >= 0.3 is 0 Å². The van der Waals surface area contributed by atoms with Gasteiger partial charge in [-0.2, -0.15) is 5.10 Å². The molecule has 1 N–H and O–H groups in total. The van der Waals surface area contributed by atoms with Crippen LogP contribution in [0.15, 0.2) is 82.4 Å². The van der Waals surface area contributed by atoms with Crippen LogP contribution in [-0.4, -0.2) is 23.5 Å². The number of carbonyl (C=O) groups is 2. The minimum absolute atomic E-state index is 0.123. The summed E-state index contributed by atoms with van der Waals surface area (Å²) < 4.78 is 6.74. The largest absolute Gasteiger partial charge is 0.478 e. The number of hydrogen-bond acceptors (Lipinski definition) is 4. The van der Waals surface area contributed by atoms with Crippen LogP contribution in [0, 0.1) is 0 Å². The van der Waals surface area contributed by atoms with Crippen LogP contribution in [0.25, 0.3) is 0 Å². The normalized spacial score (nSPS) is 11.4. The summed E-state index contributed by atoms with van der Waals surface area (Å²) in [4.78, 5) is 25.0. The zero-order valence-corrected chi connectivity index (χ0v) is 19.3. The van der Waals surface area contributed by atoms with Gasteiger partial charge in [0.25, 0.3) is 5.91 Å². The molecule has 7 heteroatoms. The molecule has 5 nitrogen and oxygen atoms in total. The van der Waals surface area contributed by atoms with Crippen molar-refractivity contribution in [3.8, 4) is 5.75 Å². The zero-order chi connectivity index (χ0) is 22.4. The maximum atomic E-state index is 12.6. The first-order valence-electron chi connectivity index (χ1n) is 9.43. The van der Waals surface area contributed by atoms with Crippen LogP contribution in [0.4, 0.5) is 0 Å². The molecule has 0 atom stereocenters. The van der Waals surface area contributed by atoms with Gasteiger partial charge in [-0.1, -0.05) is 39.7 Å². The van der Waals surface area contributed by atoms with Crippen molar-refractivity contribution in [1.29, 1.82) is 0 Å². The molecule has 0 unspecified atom stereocenters. The summed E-state index contributed by atoms with van der Waals surface area (Å²) in [5, 5.41) is 4.56. The summed E-state index contributed by atoms with van der Waals surface area (Å²) in [5.41, 5.74) is 3.22. The maximum absolute atomic E-state index is 12.6. The van der Waals surface area contributed by atoms with E-state index in [-0.39, 0.29) is 5.78 Å². The van der Waals surface area contributed by atoms with Gasteiger partial charge in [0.05, 0.1) is 6.21 Å². The Kier molecular flexibility index (Phi) is 7.25. The van der Waals surface area contributed by atoms with Crippen molar-refractivity contribution in [2.75, 3.05) is 0 Å². The maximum Gasteiger partial charge on any atom is 0.283 e. The van der Waals surface area contributed by atoms with Crippen LogP contribution in [0.2, 0.25) is 5.02 Å². The highest BCUT2D eigenvalue weighted by molar-refractivity contribution is 9.10. The predicted molar refractivity (Wildman–Crippen MR) is 126 cm³/mol. The van der Waals surface area contributed by atoms with E-state index in [4.69, 9.17) is 16.3 Å². The molecule has 3 aromatic rings. The van der Waals surface area contributed by atoms with E-state index in [0.717, 1.165) is 10.0 Å². The van der Waals surface area contributed by atoms with Gasteiger partial charge in [-0.15, -0.1) is 0 Å². The Balaban J connectivity index is 1.61. The van der Waals surface area contributed by atoms with Gasteiger partial charge in [0.2, 0.25) is 0 Å². The van der Waals surface area contributed by atoms with Crippen LogP contribution in [0.1, 0.15) is 35.3 Å². The van der Waals surface area contributed by atoms with Gasteiger partial charge < -0.3 is 4.74 Å². The quantitative estimate of drug-likeness (QED) is 0.260. The van der Waals surface area contributed by atoms with Gasteiger partial charge in [0.1, 0.15) is 5.75 Å². The van der Waals surface area contributed by atoms with Gasteiger partial charge in [0, 0.05) is 20.6 Å². The Hall–Kier alpha value is -2.96. The van der Waals surface area contributed by atoms with Crippen LogP contribution < -0.4 is 10.2 Å². The lowest BCUT2D eigenvalue weighted by molar-refractivity contribution is -0.134. The molecular weight excluding hydrogens is 480 g/mol. The molecule has 3 rings (SSSR count). The van der Waals surface area contributed by atoms with Crippen molar-refractivity contribution < 1.29 is 14.3 Å². The standard InChI is InChI=1S/C24H20BrClN2O3/c1-24(2,23(30)28-27-15-16-4-3-5-19(25)14-16)31-21-12-8-18(9-13-21)22(29)17-6-10-20(26)11-7-17/h3-15H,1-2H3,(H,28,30)/b27-15+. The molecule has 158 valence electrons. The van der Waals surface area contributed by atoms with E-state index in [2.05, 4.69) is 26.5 Å². The number of rotatable bonds is 7. The zero-order valence-electron chi connectivity index (χ0n) is 16.9. The fraction of sp³-hybridized carbons (Fsp3) is 0.125. The number of nitrogens with zero attached hydrogens (tertiary/aromatic N) is 1. The highest BCUT2D eigenvalue weighted by atomic mass is 79.9. The Morgan fingerprint density at radius 3 is 2.23 bits per heavy atom. The summed E-state index contributed by atoms with van der Waals surface area (Å²) >= 11 is 9.25. The van der Waals surface area contributed by atoms with Crippen molar-refractivity contribution in [3.05, 3.63) is 99.0 Å².